The van der Waals surface area contributed by atoms with Gasteiger partial charge in [-0.15, -0.1) is 0 Å². The lowest BCUT2D eigenvalue weighted by molar-refractivity contribution is -0.164. The maximum atomic E-state index is 10.0. The zero-order valence-electron chi connectivity index (χ0n) is 8.25. The number of Topliss-reactive ketones (excluding diaryl/α,β-unsaturated/α-hetero) is 1. The first kappa shape index (κ1) is 16.0. The van der Waals surface area contributed by atoms with E-state index in [1.165, 1.54) is 0 Å². The Bertz CT molecular complexity index is 286. The summed E-state index contributed by atoms with van der Waals surface area (Å²) in [5.74, 6) is -7.67. The van der Waals surface area contributed by atoms with Gasteiger partial charge in [-0.2, -0.15) is 0 Å². The van der Waals surface area contributed by atoms with Gasteiger partial charge in [-0.05, 0) is 0 Å². The summed E-state index contributed by atoms with van der Waals surface area (Å²) in [6, 6.07) is 0. The number of carbonyl (C=O) groups excluding carboxylic acids is 3. The number of methoxy groups -OCH3 is 2. The Kier molecular flexibility index (Phi) is 7.91. The second-order valence-corrected chi connectivity index (χ2v) is 1.92. The van der Waals surface area contributed by atoms with Crippen molar-refractivity contribution < 1.29 is 43.7 Å². The summed E-state index contributed by atoms with van der Waals surface area (Å²) < 4.78 is 7.98. The van der Waals surface area contributed by atoms with Gasteiger partial charge < -0.3 is 19.7 Å². The Morgan fingerprint density at radius 1 is 0.750 bits per heavy atom. The minimum atomic E-state index is -1.95. The van der Waals surface area contributed by atoms with E-state index in [2.05, 4.69) is 9.47 Å². The standard InChI is InChI=1S/C4H6O4.C3H2O5/c1-7-3(5)4(6)8-2;4-1(2(5)6)3(7)8/h1-2H3;(H,5,6)(H,7,8). The quantitative estimate of drug-likeness (QED) is 0.317. The first-order valence-corrected chi connectivity index (χ1v) is 3.44. The number of hydrogen-bond donors (Lipinski definition) is 2. The second kappa shape index (κ2) is 7.91. The van der Waals surface area contributed by atoms with Gasteiger partial charge in [0.2, 0.25) is 0 Å². The molecule has 2 N–H and O–H groups in total. The summed E-state index contributed by atoms with van der Waals surface area (Å²) in [5.41, 5.74) is 0. The molecule has 9 nitrogen and oxygen atoms in total. The van der Waals surface area contributed by atoms with Crippen LogP contribution in [0.1, 0.15) is 0 Å². The van der Waals surface area contributed by atoms with Crippen molar-refractivity contribution >= 4 is 29.7 Å². The largest absolute Gasteiger partial charge is 0.475 e. The number of carboxylic acid groups (broad SMARTS) is 2. The van der Waals surface area contributed by atoms with Gasteiger partial charge in [0.1, 0.15) is 0 Å². The highest BCUT2D eigenvalue weighted by Crippen LogP contribution is 1.75. The maximum absolute atomic E-state index is 10.0. The highest BCUT2D eigenvalue weighted by Gasteiger charge is 2.19. The molecule has 90 valence electrons. The number of ether oxygens (including phenoxy) is 2. The lowest BCUT2D eigenvalue weighted by Crippen LogP contribution is -2.22. The molecule has 0 unspecified atom stereocenters. The Morgan fingerprint density at radius 3 is 1.06 bits per heavy atom. The van der Waals surface area contributed by atoms with Crippen LogP contribution in [-0.2, 0) is 33.4 Å². The van der Waals surface area contributed by atoms with Crippen molar-refractivity contribution in [3.05, 3.63) is 0 Å². The van der Waals surface area contributed by atoms with E-state index >= 15 is 0 Å². The van der Waals surface area contributed by atoms with Crippen molar-refractivity contribution in [3.8, 4) is 0 Å². The summed E-state index contributed by atoms with van der Waals surface area (Å²) in [4.78, 5) is 48.6. The van der Waals surface area contributed by atoms with Crippen LogP contribution in [0.5, 0.6) is 0 Å². The van der Waals surface area contributed by atoms with E-state index in [9.17, 15) is 24.0 Å². The Balaban J connectivity index is 0. The van der Waals surface area contributed by atoms with Gasteiger partial charge in [0.05, 0.1) is 14.2 Å². The molecular weight excluding hydrogens is 228 g/mol. The van der Waals surface area contributed by atoms with E-state index in [4.69, 9.17) is 10.2 Å². The Hall–Kier alpha value is -2.45. The second-order valence-electron chi connectivity index (χ2n) is 1.92. The third kappa shape index (κ3) is 7.00. The first-order chi connectivity index (χ1) is 7.27. The average Bonchev–Trinajstić information content (AvgIpc) is 2.26. The SMILES string of the molecule is COC(=O)C(=O)OC.O=C(O)C(=O)C(=O)O. The average molecular weight is 236 g/mol. The normalized spacial score (nSPS) is 7.88. The molecule has 0 saturated carbocycles. The third-order valence-corrected chi connectivity index (χ3v) is 0.926. The minimum Gasteiger partial charge on any atom is -0.475 e. The Morgan fingerprint density at radius 2 is 1.00 bits per heavy atom. The van der Waals surface area contributed by atoms with Crippen molar-refractivity contribution in [2.45, 2.75) is 0 Å². The van der Waals surface area contributed by atoms with E-state index in [-0.39, 0.29) is 0 Å². The number of esters is 2. The van der Waals surface area contributed by atoms with E-state index in [0.29, 0.717) is 0 Å². The molecule has 0 aliphatic rings. The van der Waals surface area contributed by atoms with Crippen LogP contribution in [0, 0.1) is 0 Å². The predicted molar refractivity (Wildman–Crippen MR) is 44.3 cm³/mol. The van der Waals surface area contributed by atoms with Gasteiger partial charge >= 0.3 is 29.7 Å². The predicted octanol–water partition coefficient (Wildman–Crippen LogP) is -1.94. The summed E-state index contributed by atoms with van der Waals surface area (Å²) in [6.45, 7) is 0. The smallest absolute Gasteiger partial charge is 0.417 e. The van der Waals surface area contributed by atoms with Gasteiger partial charge in [-0.1, -0.05) is 0 Å². The van der Waals surface area contributed by atoms with Crippen LogP contribution < -0.4 is 0 Å². The molecule has 9 heteroatoms. The van der Waals surface area contributed by atoms with Crippen molar-refractivity contribution in [1.82, 2.24) is 0 Å². The molecular formula is C7H8O9. The summed E-state index contributed by atoms with van der Waals surface area (Å²) in [7, 11) is 2.22. The zero-order chi connectivity index (χ0) is 13.3. The van der Waals surface area contributed by atoms with Gasteiger partial charge in [-0.25, -0.2) is 19.2 Å². The van der Waals surface area contributed by atoms with Gasteiger partial charge in [-0.3, -0.25) is 4.79 Å². The first-order valence-electron chi connectivity index (χ1n) is 3.44. The molecule has 0 aromatic rings. The molecule has 0 heterocycles. The van der Waals surface area contributed by atoms with E-state index < -0.39 is 29.7 Å². The molecule has 0 saturated heterocycles. The lowest BCUT2D eigenvalue weighted by atomic mass is 10.4. The number of aliphatic carboxylic acids is 2. The molecule has 0 aliphatic carbocycles. The fourth-order valence-electron chi connectivity index (χ4n) is 0.258. The molecule has 0 radical (unpaired) electrons. The molecule has 0 bridgehead atoms. The number of ketones is 1. The van der Waals surface area contributed by atoms with Crippen molar-refractivity contribution in [2.24, 2.45) is 0 Å². The fraction of sp³-hybridized carbons (Fsp3) is 0.286. The molecule has 0 aromatic heterocycles. The number of hydrogen-bond acceptors (Lipinski definition) is 7. The van der Waals surface area contributed by atoms with Crippen LogP contribution in [0.15, 0.2) is 0 Å². The zero-order valence-corrected chi connectivity index (χ0v) is 8.25. The molecule has 0 fully saturated rings. The molecule has 0 aliphatic heterocycles. The highest BCUT2D eigenvalue weighted by molar-refractivity contribution is 6.59. The number of rotatable bonds is 2. The van der Waals surface area contributed by atoms with E-state index in [1.54, 1.807) is 0 Å². The molecule has 16 heavy (non-hydrogen) atoms. The molecule has 0 amide bonds. The number of carbonyl (C=O) groups is 5. The molecule has 0 atom stereocenters. The third-order valence-electron chi connectivity index (χ3n) is 0.926. The van der Waals surface area contributed by atoms with Crippen molar-refractivity contribution in [1.29, 1.82) is 0 Å². The minimum absolute atomic E-state index is 0.979. The fourth-order valence-corrected chi connectivity index (χ4v) is 0.258. The monoisotopic (exact) mass is 236 g/mol. The van der Waals surface area contributed by atoms with E-state index in [1.807, 2.05) is 0 Å². The lowest BCUT2D eigenvalue weighted by Gasteiger charge is -1.92. The Labute approximate surface area is 88.6 Å². The maximum Gasteiger partial charge on any atom is 0.417 e. The summed E-state index contributed by atoms with van der Waals surface area (Å²) in [6.07, 6.45) is 0. The highest BCUT2D eigenvalue weighted by atomic mass is 16.6. The number of carboxylic acids is 2. The van der Waals surface area contributed by atoms with Crippen molar-refractivity contribution in [3.63, 3.8) is 0 Å². The molecule has 0 rings (SSSR count). The van der Waals surface area contributed by atoms with Crippen LogP contribution >= 0.6 is 0 Å². The topological polar surface area (TPSA) is 144 Å². The van der Waals surface area contributed by atoms with E-state index in [0.717, 1.165) is 14.2 Å². The van der Waals surface area contributed by atoms with Crippen molar-refractivity contribution in [2.75, 3.05) is 14.2 Å². The molecule has 0 aromatic carbocycles. The van der Waals surface area contributed by atoms with Crippen LogP contribution in [0.25, 0.3) is 0 Å². The van der Waals surface area contributed by atoms with Crippen LogP contribution in [0.4, 0.5) is 0 Å². The summed E-state index contributed by atoms with van der Waals surface area (Å²) >= 11 is 0. The van der Waals surface area contributed by atoms with Crippen LogP contribution in [-0.4, -0.2) is 54.1 Å². The summed E-state index contributed by atoms with van der Waals surface area (Å²) in [5, 5.41) is 15.2. The molecule has 0 spiro atoms. The van der Waals surface area contributed by atoms with Gasteiger partial charge in [0.15, 0.2) is 0 Å². The van der Waals surface area contributed by atoms with Gasteiger partial charge in [0.25, 0.3) is 0 Å². The van der Waals surface area contributed by atoms with Crippen LogP contribution in [0.2, 0.25) is 0 Å². The van der Waals surface area contributed by atoms with Crippen LogP contribution in [0.3, 0.4) is 0 Å². The van der Waals surface area contributed by atoms with Gasteiger partial charge in [0, 0.05) is 0 Å².